The molecule has 1 aliphatic rings. The molecule has 12 heteroatoms. The summed E-state index contributed by atoms with van der Waals surface area (Å²) in [6.07, 6.45) is 9.60. The lowest BCUT2D eigenvalue weighted by atomic mass is 9.98. The summed E-state index contributed by atoms with van der Waals surface area (Å²) in [5, 5.41) is 6.64. The molecule has 0 aliphatic carbocycles. The molecule has 3 aromatic rings. The van der Waals surface area contributed by atoms with Crippen LogP contribution in [0, 0.1) is 12.5 Å². The lowest BCUT2D eigenvalue weighted by molar-refractivity contribution is 0.0172. The number of rotatable bonds is 8. The quantitative estimate of drug-likeness (QED) is 0.290. The summed E-state index contributed by atoms with van der Waals surface area (Å²) >= 11 is 0. The molecule has 3 aromatic heterocycles. The van der Waals surface area contributed by atoms with Crippen LogP contribution in [-0.2, 0) is 9.47 Å². The highest BCUT2D eigenvalue weighted by Gasteiger charge is 2.27. The first-order valence-electron chi connectivity index (χ1n) is 13.2. The molecule has 12 nitrogen and oxygen atoms in total. The summed E-state index contributed by atoms with van der Waals surface area (Å²) in [6, 6.07) is 3.54. The monoisotopic (exact) mass is 546 g/mol. The van der Waals surface area contributed by atoms with E-state index in [0.29, 0.717) is 43.4 Å². The molecular formula is C28H34N8O4. The van der Waals surface area contributed by atoms with Gasteiger partial charge in [-0.1, -0.05) is 6.57 Å². The molecule has 4 rings (SSSR count). The maximum absolute atomic E-state index is 12.6. The molecular weight excluding hydrogens is 512 g/mol. The van der Waals surface area contributed by atoms with Gasteiger partial charge >= 0.3 is 12.1 Å². The predicted octanol–water partition coefficient (Wildman–Crippen LogP) is 5.19. The largest absolute Gasteiger partial charge is 0.462 e. The first-order valence-corrected chi connectivity index (χ1v) is 13.2. The van der Waals surface area contributed by atoms with Gasteiger partial charge in [0.25, 0.3) is 5.82 Å². The molecule has 0 bridgehead atoms. The van der Waals surface area contributed by atoms with E-state index >= 15 is 0 Å². The Hall–Kier alpha value is -4.66. The Bertz CT molecular complexity index is 1370. The van der Waals surface area contributed by atoms with Crippen LogP contribution < -0.4 is 10.6 Å². The molecule has 1 saturated heterocycles. The smallest absolute Gasteiger partial charge is 0.410 e. The second kappa shape index (κ2) is 12.5. The normalized spacial score (nSPS) is 15.2. The van der Waals surface area contributed by atoms with Crippen molar-refractivity contribution in [3.8, 4) is 5.69 Å². The van der Waals surface area contributed by atoms with Gasteiger partial charge in [-0.3, -0.25) is 0 Å². The number of hydrogen-bond donors (Lipinski definition) is 2. The Morgan fingerprint density at radius 2 is 1.98 bits per heavy atom. The third kappa shape index (κ3) is 7.47. The summed E-state index contributed by atoms with van der Waals surface area (Å²) in [5.41, 5.74) is 1.39. The Balaban J connectivity index is 1.54. The highest BCUT2D eigenvalue weighted by Crippen LogP contribution is 2.27. The molecule has 1 unspecified atom stereocenters. The van der Waals surface area contributed by atoms with Gasteiger partial charge in [0.15, 0.2) is 12.0 Å². The molecule has 0 spiro atoms. The molecule has 0 aromatic carbocycles. The van der Waals surface area contributed by atoms with Gasteiger partial charge in [0.05, 0.1) is 35.9 Å². The number of piperidine rings is 1. The van der Waals surface area contributed by atoms with Crippen molar-refractivity contribution in [3.05, 3.63) is 60.1 Å². The lowest BCUT2D eigenvalue weighted by Crippen LogP contribution is -2.44. The molecule has 1 atom stereocenters. The molecule has 0 radical (unpaired) electrons. The average Bonchev–Trinajstić information content (AvgIpc) is 3.42. The standard InChI is InChI=1S/C28H34N8O4/c1-6-39-26(37)20-9-11-35(18-20)22-14-31-23(34-25-16-32-24(29-5)15-33-25)12-21(22)30-13-19-8-7-10-36(17-19)27(38)40-28(2,3)4/h9,11-12,14-16,18-19H,6-8,10,13,17H2,1-4H3,(H2,30,31,33,34). The van der Waals surface area contributed by atoms with E-state index in [9.17, 15) is 9.59 Å². The Morgan fingerprint density at radius 1 is 1.18 bits per heavy atom. The van der Waals surface area contributed by atoms with Crippen molar-refractivity contribution in [1.29, 1.82) is 0 Å². The molecule has 1 fully saturated rings. The van der Waals surface area contributed by atoms with Crippen molar-refractivity contribution >= 4 is 35.2 Å². The van der Waals surface area contributed by atoms with Crippen LogP contribution in [0.5, 0.6) is 0 Å². The van der Waals surface area contributed by atoms with Gasteiger partial charge in [-0.25, -0.2) is 19.6 Å². The van der Waals surface area contributed by atoms with Crippen molar-refractivity contribution in [1.82, 2.24) is 24.4 Å². The van der Waals surface area contributed by atoms with E-state index in [1.165, 1.54) is 12.4 Å². The van der Waals surface area contributed by atoms with Crippen molar-refractivity contribution < 1.29 is 19.1 Å². The fourth-order valence-corrected chi connectivity index (χ4v) is 4.30. The summed E-state index contributed by atoms with van der Waals surface area (Å²) in [5.74, 6) is 0.991. The van der Waals surface area contributed by atoms with E-state index in [1.54, 1.807) is 36.5 Å². The zero-order chi connectivity index (χ0) is 28.7. The van der Waals surface area contributed by atoms with Gasteiger partial charge in [0.2, 0.25) is 0 Å². The SMILES string of the molecule is [C-]#[N+]c1cnc(Nc2cc(NCC3CCCN(C(=O)OC(C)(C)C)C3)c(-n3ccc(C(=O)OCC)c3)cn2)cn1. The molecule has 40 heavy (non-hydrogen) atoms. The minimum Gasteiger partial charge on any atom is -0.462 e. The third-order valence-corrected chi connectivity index (χ3v) is 6.13. The lowest BCUT2D eigenvalue weighted by Gasteiger charge is -2.34. The van der Waals surface area contributed by atoms with E-state index in [2.05, 4.69) is 30.4 Å². The van der Waals surface area contributed by atoms with Gasteiger partial charge < -0.3 is 34.4 Å². The van der Waals surface area contributed by atoms with E-state index < -0.39 is 11.6 Å². The van der Waals surface area contributed by atoms with Crippen LogP contribution in [-0.4, -0.2) is 68.3 Å². The molecule has 1 amide bonds. The second-order valence-electron chi connectivity index (χ2n) is 10.4. The molecule has 0 saturated carbocycles. The van der Waals surface area contributed by atoms with Crippen LogP contribution in [0.1, 0.15) is 50.9 Å². The first kappa shape index (κ1) is 28.4. The Labute approximate surface area is 233 Å². The number of ether oxygens (including phenoxy) is 2. The maximum Gasteiger partial charge on any atom is 0.410 e. The summed E-state index contributed by atoms with van der Waals surface area (Å²) in [4.78, 5) is 42.7. The summed E-state index contributed by atoms with van der Waals surface area (Å²) < 4.78 is 12.5. The van der Waals surface area contributed by atoms with Crippen LogP contribution in [0.3, 0.4) is 0 Å². The number of aromatic nitrogens is 4. The number of likely N-dealkylation sites (tertiary alicyclic amines) is 1. The minimum atomic E-state index is -0.544. The number of amides is 1. The van der Waals surface area contributed by atoms with Crippen molar-refractivity contribution in [3.63, 3.8) is 0 Å². The third-order valence-electron chi connectivity index (χ3n) is 6.13. The van der Waals surface area contributed by atoms with Gasteiger partial charge in [-0.05, 0) is 52.5 Å². The Kier molecular flexibility index (Phi) is 8.83. The van der Waals surface area contributed by atoms with Crippen molar-refractivity contribution in [2.24, 2.45) is 5.92 Å². The maximum atomic E-state index is 12.6. The predicted molar refractivity (Wildman–Crippen MR) is 150 cm³/mol. The molecule has 1 aliphatic heterocycles. The summed E-state index contributed by atoms with van der Waals surface area (Å²) in [7, 11) is 0. The topological polar surface area (TPSA) is 128 Å². The van der Waals surface area contributed by atoms with Gasteiger partial charge in [-0.2, -0.15) is 0 Å². The number of pyridine rings is 1. The van der Waals surface area contributed by atoms with Gasteiger partial charge in [0, 0.05) is 38.1 Å². The van der Waals surface area contributed by atoms with Crippen molar-refractivity contribution in [2.75, 3.05) is 36.9 Å². The molecule has 4 heterocycles. The number of hydrogen-bond acceptors (Lipinski definition) is 9. The Morgan fingerprint density at radius 3 is 2.67 bits per heavy atom. The van der Waals surface area contributed by atoms with E-state index in [1.807, 2.05) is 31.4 Å². The van der Waals surface area contributed by atoms with Crippen LogP contribution in [0.4, 0.5) is 27.9 Å². The zero-order valence-corrected chi connectivity index (χ0v) is 23.2. The van der Waals surface area contributed by atoms with E-state index in [4.69, 9.17) is 16.0 Å². The fraction of sp³-hybridized carbons (Fsp3) is 0.429. The van der Waals surface area contributed by atoms with Crippen LogP contribution in [0.2, 0.25) is 0 Å². The van der Waals surface area contributed by atoms with Gasteiger partial charge in [-0.15, -0.1) is 4.98 Å². The van der Waals surface area contributed by atoms with Gasteiger partial charge in [0.1, 0.15) is 11.4 Å². The number of carbonyl (C=O) groups is 2. The second-order valence-corrected chi connectivity index (χ2v) is 10.4. The number of anilines is 3. The number of esters is 1. The highest BCUT2D eigenvalue weighted by molar-refractivity contribution is 5.89. The minimum absolute atomic E-state index is 0.203. The number of nitrogens with one attached hydrogen (secondary N) is 2. The van der Waals surface area contributed by atoms with E-state index in [0.717, 1.165) is 24.2 Å². The molecule has 2 N–H and O–H groups in total. The van der Waals surface area contributed by atoms with Crippen molar-refractivity contribution in [2.45, 2.75) is 46.1 Å². The van der Waals surface area contributed by atoms with E-state index in [-0.39, 0.29) is 17.8 Å². The zero-order valence-electron chi connectivity index (χ0n) is 23.2. The summed E-state index contributed by atoms with van der Waals surface area (Å²) in [6.45, 7) is 16.6. The first-order chi connectivity index (χ1) is 19.1. The highest BCUT2D eigenvalue weighted by atomic mass is 16.6. The number of carbonyl (C=O) groups excluding carboxylic acids is 2. The van der Waals surface area contributed by atoms with Crippen LogP contribution in [0.15, 0.2) is 43.1 Å². The average molecular weight is 547 g/mol. The van der Waals surface area contributed by atoms with Crippen LogP contribution in [0.25, 0.3) is 10.5 Å². The molecule has 210 valence electrons. The fourth-order valence-electron chi connectivity index (χ4n) is 4.30. The van der Waals surface area contributed by atoms with Crippen LogP contribution >= 0.6 is 0 Å². The number of nitrogens with zero attached hydrogens (tertiary/aromatic N) is 6.